The van der Waals surface area contributed by atoms with Gasteiger partial charge in [0.15, 0.2) is 0 Å². The van der Waals surface area contributed by atoms with E-state index in [4.69, 9.17) is 9.47 Å². The number of aromatic nitrogens is 1. The summed E-state index contributed by atoms with van der Waals surface area (Å²) in [6.45, 7) is 2.27. The molecule has 6 heteroatoms. The quantitative estimate of drug-likeness (QED) is 0.820. The molecule has 1 aliphatic rings. The molecule has 0 unspecified atom stereocenters. The van der Waals surface area contributed by atoms with E-state index in [2.05, 4.69) is 9.88 Å². The summed E-state index contributed by atoms with van der Waals surface area (Å²) < 4.78 is 10.8. The first kappa shape index (κ1) is 16.7. The smallest absolute Gasteiger partial charge is 0.254 e. The van der Waals surface area contributed by atoms with Crippen molar-refractivity contribution in [1.82, 2.24) is 14.8 Å². The highest BCUT2D eigenvalue weighted by Gasteiger charge is 2.36. The summed E-state index contributed by atoms with van der Waals surface area (Å²) in [6.07, 6.45) is 3.28. The first-order valence-electron chi connectivity index (χ1n) is 7.49. The Morgan fingerprint density at radius 1 is 1.36 bits per heavy atom. The molecule has 2 heterocycles. The minimum Gasteiger partial charge on any atom is -0.481 e. The number of hydrogen-bond acceptors (Lipinski definition) is 5. The van der Waals surface area contributed by atoms with Gasteiger partial charge in [-0.2, -0.15) is 0 Å². The molecular weight excluding hydrogens is 282 g/mol. The average Bonchev–Trinajstić information content (AvgIpc) is 2.54. The van der Waals surface area contributed by atoms with Crippen molar-refractivity contribution in [2.24, 2.45) is 0 Å². The first-order valence-corrected chi connectivity index (χ1v) is 7.49. The number of piperidine rings is 1. The molecule has 0 saturated carbocycles. The van der Waals surface area contributed by atoms with Gasteiger partial charge < -0.3 is 19.3 Å². The molecule has 0 bridgehead atoms. The molecule has 0 aliphatic carbocycles. The summed E-state index contributed by atoms with van der Waals surface area (Å²) in [5.74, 6) is 0.483. The summed E-state index contributed by atoms with van der Waals surface area (Å²) in [5.41, 5.74) is 0.459. The first-order chi connectivity index (χ1) is 10.5. The minimum atomic E-state index is -0.157. The third-order valence-corrected chi connectivity index (χ3v) is 4.19. The molecule has 1 saturated heterocycles. The second-order valence-electron chi connectivity index (χ2n) is 6.00. The van der Waals surface area contributed by atoms with Crippen molar-refractivity contribution in [2.45, 2.75) is 18.4 Å². The van der Waals surface area contributed by atoms with Gasteiger partial charge in [0.1, 0.15) is 0 Å². The lowest BCUT2D eigenvalue weighted by atomic mass is 9.90. The predicted octanol–water partition coefficient (Wildman–Crippen LogP) is 1.27. The van der Waals surface area contributed by atoms with Crippen molar-refractivity contribution >= 4 is 5.91 Å². The number of ether oxygens (including phenoxy) is 2. The summed E-state index contributed by atoms with van der Waals surface area (Å²) >= 11 is 0. The van der Waals surface area contributed by atoms with Crippen LogP contribution < -0.4 is 4.74 Å². The molecule has 1 aromatic rings. The molecule has 1 amide bonds. The lowest BCUT2D eigenvalue weighted by Crippen LogP contribution is -2.52. The molecule has 0 N–H and O–H groups in total. The fourth-order valence-electron chi connectivity index (χ4n) is 2.96. The largest absolute Gasteiger partial charge is 0.481 e. The van der Waals surface area contributed by atoms with Gasteiger partial charge in [-0.1, -0.05) is 0 Å². The van der Waals surface area contributed by atoms with Crippen LogP contribution in [0.1, 0.15) is 23.2 Å². The lowest BCUT2D eigenvalue weighted by molar-refractivity contribution is -0.0654. The standard InChI is InChI=1S/C16H25N3O3/c1-18(2)12-16(22-4)6-9-19(10-7-16)15(20)13-5-8-17-14(11-13)21-3/h5,8,11H,6-7,9-10,12H2,1-4H3. The zero-order chi connectivity index (χ0) is 16.2. The van der Waals surface area contributed by atoms with Crippen LogP contribution >= 0.6 is 0 Å². The van der Waals surface area contributed by atoms with Gasteiger partial charge in [-0.3, -0.25) is 4.79 Å². The van der Waals surface area contributed by atoms with Crippen molar-refractivity contribution in [2.75, 3.05) is 47.9 Å². The second kappa shape index (κ2) is 7.07. The van der Waals surface area contributed by atoms with Gasteiger partial charge in [0.2, 0.25) is 5.88 Å². The van der Waals surface area contributed by atoms with Crippen LogP contribution in [0.5, 0.6) is 5.88 Å². The molecule has 22 heavy (non-hydrogen) atoms. The molecule has 0 aromatic carbocycles. The van der Waals surface area contributed by atoms with Crippen LogP contribution in [-0.2, 0) is 4.74 Å². The van der Waals surface area contributed by atoms with Crippen molar-refractivity contribution in [1.29, 1.82) is 0 Å². The Hall–Kier alpha value is -1.66. The van der Waals surface area contributed by atoms with Crippen LogP contribution in [0.15, 0.2) is 18.3 Å². The van der Waals surface area contributed by atoms with Crippen molar-refractivity contribution in [3.8, 4) is 5.88 Å². The van der Waals surface area contributed by atoms with E-state index in [1.165, 1.54) is 0 Å². The van der Waals surface area contributed by atoms with Crippen LogP contribution in [0.3, 0.4) is 0 Å². The molecule has 0 atom stereocenters. The van der Waals surface area contributed by atoms with Crippen LogP contribution in [0.2, 0.25) is 0 Å². The van der Waals surface area contributed by atoms with Gasteiger partial charge in [-0.05, 0) is 33.0 Å². The summed E-state index contributed by atoms with van der Waals surface area (Å²) in [5, 5.41) is 0. The van der Waals surface area contributed by atoms with Crippen LogP contribution in [0.25, 0.3) is 0 Å². The monoisotopic (exact) mass is 307 g/mol. The second-order valence-corrected chi connectivity index (χ2v) is 6.00. The zero-order valence-corrected chi connectivity index (χ0v) is 13.8. The number of amides is 1. The average molecular weight is 307 g/mol. The Morgan fingerprint density at radius 2 is 2.05 bits per heavy atom. The Kier molecular flexibility index (Phi) is 5.37. The topological polar surface area (TPSA) is 54.9 Å². The Balaban J connectivity index is 2.02. The Labute approximate surface area is 132 Å². The molecule has 0 spiro atoms. The summed E-state index contributed by atoms with van der Waals surface area (Å²) in [4.78, 5) is 20.6. The zero-order valence-electron chi connectivity index (χ0n) is 13.8. The van der Waals surface area contributed by atoms with Gasteiger partial charge in [0, 0.05) is 44.6 Å². The number of pyridine rings is 1. The number of carbonyl (C=O) groups is 1. The molecule has 122 valence electrons. The maximum Gasteiger partial charge on any atom is 0.254 e. The fourth-order valence-corrected chi connectivity index (χ4v) is 2.96. The van der Waals surface area contributed by atoms with Crippen LogP contribution in [-0.4, -0.2) is 74.2 Å². The number of rotatable bonds is 5. The predicted molar refractivity (Wildman–Crippen MR) is 84.2 cm³/mol. The van der Waals surface area contributed by atoms with Crippen LogP contribution in [0, 0.1) is 0 Å². The highest BCUT2D eigenvalue weighted by molar-refractivity contribution is 5.94. The van der Waals surface area contributed by atoms with Gasteiger partial charge in [0.05, 0.1) is 12.7 Å². The maximum atomic E-state index is 12.6. The molecular formula is C16H25N3O3. The third kappa shape index (κ3) is 3.75. The number of methoxy groups -OCH3 is 2. The molecule has 6 nitrogen and oxygen atoms in total. The lowest BCUT2D eigenvalue weighted by Gasteiger charge is -2.42. The van der Waals surface area contributed by atoms with Crippen molar-refractivity contribution < 1.29 is 14.3 Å². The Morgan fingerprint density at radius 3 is 2.59 bits per heavy atom. The SMILES string of the molecule is COc1cc(C(=O)N2CCC(CN(C)C)(OC)CC2)ccn1. The number of nitrogens with zero attached hydrogens (tertiary/aromatic N) is 3. The van der Waals surface area contributed by atoms with Gasteiger partial charge >= 0.3 is 0 Å². The minimum absolute atomic E-state index is 0.0234. The highest BCUT2D eigenvalue weighted by atomic mass is 16.5. The van der Waals surface area contributed by atoms with E-state index >= 15 is 0 Å². The number of likely N-dealkylation sites (N-methyl/N-ethyl adjacent to an activating group) is 1. The normalized spacial score (nSPS) is 17.6. The fraction of sp³-hybridized carbons (Fsp3) is 0.625. The van der Waals surface area contributed by atoms with E-state index < -0.39 is 0 Å². The number of likely N-dealkylation sites (tertiary alicyclic amines) is 1. The molecule has 1 aliphatic heterocycles. The summed E-state index contributed by atoms with van der Waals surface area (Å²) in [7, 11) is 7.39. The van der Waals surface area contributed by atoms with Crippen molar-refractivity contribution in [3.05, 3.63) is 23.9 Å². The molecule has 1 fully saturated rings. The van der Waals surface area contributed by atoms with Gasteiger partial charge in [-0.15, -0.1) is 0 Å². The Bertz CT molecular complexity index is 511. The highest BCUT2D eigenvalue weighted by Crippen LogP contribution is 2.27. The van der Waals surface area contributed by atoms with E-state index in [0.717, 1.165) is 19.4 Å². The van der Waals surface area contributed by atoms with E-state index in [1.54, 1.807) is 32.5 Å². The van der Waals surface area contributed by atoms with E-state index in [-0.39, 0.29) is 11.5 Å². The molecule has 0 radical (unpaired) electrons. The van der Waals surface area contributed by atoms with Crippen LogP contribution in [0.4, 0.5) is 0 Å². The molecule has 2 rings (SSSR count). The van der Waals surface area contributed by atoms with E-state index in [9.17, 15) is 4.79 Å². The van der Waals surface area contributed by atoms with Gasteiger partial charge in [0.25, 0.3) is 5.91 Å². The van der Waals surface area contributed by atoms with E-state index in [1.807, 2.05) is 19.0 Å². The van der Waals surface area contributed by atoms with E-state index in [0.29, 0.717) is 24.5 Å². The maximum absolute atomic E-state index is 12.6. The van der Waals surface area contributed by atoms with Gasteiger partial charge in [-0.25, -0.2) is 4.98 Å². The molecule has 1 aromatic heterocycles. The summed E-state index contributed by atoms with van der Waals surface area (Å²) in [6, 6.07) is 3.41. The third-order valence-electron chi connectivity index (χ3n) is 4.19. The van der Waals surface area contributed by atoms with Crippen molar-refractivity contribution in [3.63, 3.8) is 0 Å². The number of carbonyl (C=O) groups excluding carboxylic acids is 1. The number of hydrogen-bond donors (Lipinski definition) is 0.